The predicted molar refractivity (Wildman–Crippen MR) is 123 cm³/mol. The molecule has 0 aliphatic heterocycles. The number of ether oxygens (including phenoxy) is 1. The minimum Gasteiger partial charge on any atom is -0.400 e. The van der Waals surface area contributed by atoms with Gasteiger partial charge < -0.3 is 24.5 Å². The van der Waals surface area contributed by atoms with E-state index in [-0.39, 0.29) is 5.56 Å². The van der Waals surface area contributed by atoms with Crippen molar-refractivity contribution >= 4 is 40.4 Å². The van der Waals surface area contributed by atoms with E-state index in [1.807, 2.05) is 25.2 Å². The van der Waals surface area contributed by atoms with E-state index in [1.165, 1.54) is 11.7 Å². The van der Waals surface area contributed by atoms with Crippen LogP contribution in [0.5, 0.6) is 0 Å². The van der Waals surface area contributed by atoms with Gasteiger partial charge in [-0.1, -0.05) is 36.4 Å². The number of nitrogens with one attached hydrogen (secondary N) is 1. The Morgan fingerprint density at radius 1 is 1.20 bits per heavy atom. The zero-order valence-corrected chi connectivity index (χ0v) is 18.2. The lowest BCUT2D eigenvalue weighted by atomic mass is 9.93. The lowest BCUT2D eigenvalue weighted by Gasteiger charge is -2.21. The second kappa shape index (κ2) is 10.2. The zero-order chi connectivity index (χ0) is 22.4. The Morgan fingerprint density at radius 2 is 1.90 bits per heavy atom. The number of halogens is 1. The highest BCUT2D eigenvalue weighted by molar-refractivity contribution is 6.31. The fourth-order valence-corrected chi connectivity index (χ4v) is 3.65. The topological polar surface area (TPSA) is 80.6 Å². The van der Waals surface area contributed by atoms with Gasteiger partial charge in [0.1, 0.15) is 0 Å². The van der Waals surface area contributed by atoms with Crippen molar-refractivity contribution in [1.29, 1.82) is 0 Å². The van der Waals surface area contributed by atoms with Gasteiger partial charge in [-0.2, -0.15) is 0 Å². The van der Waals surface area contributed by atoms with Crippen LogP contribution in [-0.2, 0) is 16.6 Å². The number of carbonyl (C=O) groups excluding carboxylic acids is 1. The van der Waals surface area contributed by atoms with Crippen LogP contribution in [0.4, 0.5) is 5.69 Å². The van der Waals surface area contributed by atoms with E-state index >= 15 is 0 Å². The number of nitrogens with zero attached hydrogens (tertiary/aromatic N) is 1. The summed E-state index contributed by atoms with van der Waals surface area (Å²) in [5.41, 5.74) is 3.64. The molecule has 0 fully saturated rings. The molecule has 0 aliphatic rings. The van der Waals surface area contributed by atoms with Gasteiger partial charge in [0.25, 0.3) is 5.56 Å². The zero-order valence-electron chi connectivity index (χ0n) is 17.4. The maximum absolute atomic E-state index is 12.9. The van der Waals surface area contributed by atoms with Crippen LogP contribution in [0.15, 0.2) is 47.8 Å². The fraction of sp³-hybridized carbons (Fsp3) is 0.217. The first kappa shape index (κ1) is 23.3. The number of anilines is 1. The normalized spacial score (nSPS) is 11.4. The standard InChI is InChI=1S/C22H21ClN2O3.CH4O/c1-5-13-6-7-14(10-18(13)24-2)20-17-11-15(23)8-9-16(17)22(27)25(3)21(20)19(12-26)28-4;1-2/h5-12,19,24H,1H2,2-4H3;2H,1H3. The number of aromatic nitrogens is 1. The molecule has 7 heteroatoms. The van der Waals surface area contributed by atoms with Crippen LogP contribution in [0.2, 0.25) is 5.02 Å². The van der Waals surface area contributed by atoms with Gasteiger partial charge in [-0.05, 0) is 40.8 Å². The average Bonchev–Trinajstić information content (AvgIpc) is 2.78. The molecular formula is C23H25ClN2O4. The van der Waals surface area contributed by atoms with Crippen molar-refractivity contribution in [2.45, 2.75) is 6.10 Å². The lowest BCUT2D eigenvalue weighted by Crippen LogP contribution is -2.25. The van der Waals surface area contributed by atoms with E-state index in [2.05, 4.69) is 11.9 Å². The summed E-state index contributed by atoms with van der Waals surface area (Å²) in [6.07, 6.45) is 1.55. The number of methoxy groups -OCH3 is 1. The second-order valence-corrected chi connectivity index (χ2v) is 6.80. The molecule has 1 unspecified atom stereocenters. The van der Waals surface area contributed by atoms with Crippen LogP contribution < -0.4 is 10.9 Å². The Kier molecular flexibility index (Phi) is 7.94. The first-order valence-corrected chi connectivity index (χ1v) is 9.54. The SMILES string of the molecule is C=Cc1ccc(-c2c(C(C=O)OC)n(C)c(=O)c3ccc(Cl)cc23)cc1NC.CO. The minimum absolute atomic E-state index is 0.217. The van der Waals surface area contributed by atoms with Gasteiger partial charge >= 0.3 is 0 Å². The molecule has 0 bridgehead atoms. The number of pyridine rings is 1. The van der Waals surface area contributed by atoms with E-state index < -0.39 is 6.10 Å². The van der Waals surface area contributed by atoms with Gasteiger partial charge in [-0.3, -0.25) is 4.79 Å². The van der Waals surface area contributed by atoms with Crippen LogP contribution >= 0.6 is 11.6 Å². The Hall–Kier alpha value is -2.93. The molecule has 0 spiro atoms. The number of carbonyl (C=O) groups is 1. The molecule has 0 amide bonds. The number of aliphatic hydroxyl groups excluding tert-OH is 1. The highest BCUT2D eigenvalue weighted by Crippen LogP contribution is 2.37. The number of fused-ring (bicyclic) bond motifs is 1. The average molecular weight is 429 g/mol. The first-order chi connectivity index (χ1) is 14.5. The molecule has 2 N–H and O–H groups in total. The van der Waals surface area contributed by atoms with Crippen molar-refractivity contribution in [2.75, 3.05) is 26.6 Å². The summed E-state index contributed by atoms with van der Waals surface area (Å²) in [4.78, 5) is 24.6. The summed E-state index contributed by atoms with van der Waals surface area (Å²) in [7, 11) is 5.91. The largest absolute Gasteiger partial charge is 0.400 e. The maximum Gasteiger partial charge on any atom is 0.258 e. The predicted octanol–water partition coefficient (Wildman–Crippen LogP) is 4.04. The molecule has 6 nitrogen and oxygen atoms in total. The molecule has 0 saturated heterocycles. The fourth-order valence-electron chi connectivity index (χ4n) is 3.48. The van der Waals surface area contributed by atoms with E-state index in [4.69, 9.17) is 21.4 Å². The molecule has 1 atom stereocenters. The molecule has 0 aliphatic carbocycles. The molecule has 158 valence electrons. The quantitative estimate of drug-likeness (QED) is 0.579. The molecule has 0 saturated carbocycles. The van der Waals surface area contributed by atoms with Crippen LogP contribution in [0.3, 0.4) is 0 Å². The van der Waals surface area contributed by atoms with Gasteiger partial charge in [0.2, 0.25) is 0 Å². The van der Waals surface area contributed by atoms with E-state index in [1.54, 1.807) is 31.3 Å². The van der Waals surface area contributed by atoms with Crippen molar-refractivity contribution in [3.8, 4) is 11.1 Å². The third kappa shape index (κ3) is 4.16. The highest BCUT2D eigenvalue weighted by atomic mass is 35.5. The number of rotatable bonds is 6. The van der Waals surface area contributed by atoms with Gasteiger partial charge in [-0.15, -0.1) is 0 Å². The van der Waals surface area contributed by atoms with Crippen LogP contribution in [0.1, 0.15) is 17.4 Å². The molecule has 3 rings (SSSR count). The summed E-state index contributed by atoms with van der Waals surface area (Å²) >= 11 is 6.24. The van der Waals surface area contributed by atoms with Crippen LogP contribution in [0.25, 0.3) is 28.0 Å². The number of benzene rings is 2. The van der Waals surface area contributed by atoms with Gasteiger partial charge in [0, 0.05) is 50.0 Å². The smallest absolute Gasteiger partial charge is 0.258 e. The van der Waals surface area contributed by atoms with Crippen molar-refractivity contribution < 1.29 is 14.6 Å². The summed E-state index contributed by atoms with van der Waals surface area (Å²) in [5, 5.41) is 11.8. The van der Waals surface area contributed by atoms with E-state index in [0.29, 0.717) is 27.8 Å². The minimum atomic E-state index is -0.895. The first-order valence-electron chi connectivity index (χ1n) is 9.16. The van der Waals surface area contributed by atoms with Gasteiger partial charge in [0.05, 0.1) is 5.69 Å². The second-order valence-electron chi connectivity index (χ2n) is 6.36. The van der Waals surface area contributed by atoms with Crippen molar-refractivity contribution in [1.82, 2.24) is 4.57 Å². The van der Waals surface area contributed by atoms with Crippen molar-refractivity contribution in [2.24, 2.45) is 7.05 Å². The molecule has 30 heavy (non-hydrogen) atoms. The van der Waals surface area contributed by atoms with E-state index in [0.717, 1.165) is 29.5 Å². The molecule has 1 heterocycles. The number of hydrogen-bond acceptors (Lipinski definition) is 5. The molecule has 0 radical (unpaired) electrons. The van der Waals surface area contributed by atoms with Gasteiger partial charge in [-0.25, -0.2) is 0 Å². The van der Waals surface area contributed by atoms with Crippen LogP contribution in [0, 0.1) is 0 Å². The summed E-state index contributed by atoms with van der Waals surface area (Å²) in [6, 6.07) is 10.9. The Balaban J connectivity index is 0.00000155. The molecule has 1 aromatic heterocycles. The monoisotopic (exact) mass is 428 g/mol. The summed E-state index contributed by atoms with van der Waals surface area (Å²) < 4.78 is 6.84. The lowest BCUT2D eigenvalue weighted by molar-refractivity contribution is -0.117. The Bertz CT molecular complexity index is 1140. The summed E-state index contributed by atoms with van der Waals surface area (Å²) in [6.45, 7) is 3.83. The third-order valence-electron chi connectivity index (χ3n) is 4.88. The molecule has 3 aromatic rings. The van der Waals surface area contributed by atoms with Gasteiger partial charge in [0.15, 0.2) is 12.4 Å². The van der Waals surface area contributed by atoms with Crippen molar-refractivity contribution in [3.05, 3.63) is 69.6 Å². The Morgan fingerprint density at radius 3 is 2.47 bits per heavy atom. The Labute approximate surface area is 180 Å². The van der Waals surface area contributed by atoms with E-state index in [9.17, 15) is 9.59 Å². The number of aldehydes is 1. The maximum atomic E-state index is 12.9. The number of aliphatic hydroxyl groups is 1. The third-order valence-corrected chi connectivity index (χ3v) is 5.12. The van der Waals surface area contributed by atoms with Crippen LogP contribution in [-0.4, -0.2) is 37.2 Å². The highest BCUT2D eigenvalue weighted by Gasteiger charge is 2.23. The van der Waals surface area contributed by atoms with Crippen molar-refractivity contribution in [3.63, 3.8) is 0 Å². The molecule has 2 aromatic carbocycles. The number of hydrogen-bond donors (Lipinski definition) is 2. The summed E-state index contributed by atoms with van der Waals surface area (Å²) in [5.74, 6) is 0. The molecular weight excluding hydrogens is 404 g/mol.